The summed E-state index contributed by atoms with van der Waals surface area (Å²) in [6, 6.07) is 20.5. The molecule has 2 aliphatic rings. The van der Waals surface area contributed by atoms with E-state index in [4.69, 9.17) is 15.2 Å². The molecule has 1 heterocycles. The van der Waals surface area contributed by atoms with Crippen LogP contribution in [0.1, 0.15) is 58.4 Å². The average molecular weight is 556 g/mol. The SMILES string of the molecule is NC(CO)c1cccc(-c2cc(COC3CC=CC=C3CC(=O)O)cc(C(=O)[NH2+]C3CCOc4ccccc43)c2)c1. The maximum atomic E-state index is 13.7. The normalized spacial score (nSPS) is 18.6. The van der Waals surface area contributed by atoms with Crippen LogP contribution in [0.15, 0.2) is 90.5 Å². The van der Waals surface area contributed by atoms with Gasteiger partial charge < -0.3 is 25.4 Å². The highest BCUT2D eigenvalue weighted by Gasteiger charge is 2.28. The van der Waals surface area contributed by atoms with Crippen molar-refractivity contribution in [3.8, 4) is 16.9 Å². The summed E-state index contributed by atoms with van der Waals surface area (Å²) in [7, 11) is 0. The van der Waals surface area contributed by atoms with Crippen molar-refractivity contribution in [3.63, 3.8) is 0 Å². The molecule has 41 heavy (non-hydrogen) atoms. The van der Waals surface area contributed by atoms with Crippen molar-refractivity contribution in [2.75, 3.05) is 13.2 Å². The van der Waals surface area contributed by atoms with Gasteiger partial charge in [-0.3, -0.25) is 10.1 Å². The molecule has 3 aromatic rings. The van der Waals surface area contributed by atoms with Gasteiger partial charge in [0.15, 0.2) is 0 Å². The molecule has 6 N–H and O–H groups in total. The second-order valence-electron chi connectivity index (χ2n) is 10.4. The van der Waals surface area contributed by atoms with Crippen LogP contribution in [0.2, 0.25) is 0 Å². The number of carboxylic acids is 1. The molecule has 0 fully saturated rings. The summed E-state index contributed by atoms with van der Waals surface area (Å²) in [6.45, 7) is 0.578. The topological polar surface area (TPSA) is 136 Å². The lowest BCUT2D eigenvalue weighted by atomic mass is 9.95. The molecule has 5 rings (SSSR count). The second kappa shape index (κ2) is 13.1. The number of nitrogens with two attached hydrogens (primary N) is 2. The van der Waals surface area contributed by atoms with Crippen LogP contribution >= 0.6 is 0 Å². The zero-order valence-electron chi connectivity index (χ0n) is 22.7. The molecular weight excluding hydrogens is 520 g/mol. The first-order valence-corrected chi connectivity index (χ1v) is 13.8. The summed E-state index contributed by atoms with van der Waals surface area (Å²) in [4.78, 5) is 25.0. The molecule has 3 atom stereocenters. The monoisotopic (exact) mass is 555 g/mol. The van der Waals surface area contributed by atoms with Crippen LogP contribution in [0.5, 0.6) is 5.75 Å². The van der Waals surface area contributed by atoms with Crippen LogP contribution in [0.25, 0.3) is 11.1 Å². The van der Waals surface area contributed by atoms with E-state index in [0.29, 0.717) is 30.6 Å². The highest BCUT2D eigenvalue weighted by atomic mass is 16.5. The third-order valence-corrected chi connectivity index (χ3v) is 7.50. The van der Waals surface area contributed by atoms with Gasteiger partial charge in [0.05, 0.1) is 49.5 Å². The lowest BCUT2D eigenvalue weighted by molar-refractivity contribution is -0.603. The van der Waals surface area contributed by atoms with E-state index in [-0.39, 0.29) is 37.7 Å². The smallest absolute Gasteiger partial charge is 0.343 e. The van der Waals surface area contributed by atoms with Gasteiger partial charge in [0, 0.05) is 6.42 Å². The van der Waals surface area contributed by atoms with Gasteiger partial charge in [-0.2, -0.15) is 0 Å². The standard InChI is InChI=1S/C33H34N2O6/c34-28(19-36)23-8-5-7-22(16-23)25-14-21(20-41-30-10-3-1-6-24(30)18-32(37)38)15-26(17-25)33(39)35-29-12-13-40-31-11-4-2-9-27(29)31/h1-9,11,14-17,28-30,36H,10,12-13,18-20,34H2,(H,35,39)(H,37,38)/p+1. The second-order valence-corrected chi connectivity index (χ2v) is 10.4. The molecule has 0 aromatic heterocycles. The predicted molar refractivity (Wildman–Crippen MR) is 154 cm³/mol. The fourth-order valence-electron chi connectivity index (χ4n) is 5.33. The van der Waals surface area contributed by atoms with Crippen LogP contribution in [-0.2, 0) is 16.1 Å². The Bertz CT molecular complexity index is 1480. The van der Waals surface area contributed by atoms with Crippen molar-refractivity contribution in [1.82, 2.24) is 0 Å². The number of primary amides is 1. The van der Waals surface area contributed by atoms with Crippen molar-refractivity contribution in [3.05, 3.63) is 113 Å². The molecule has 0 radical (unpaired) electrons. The maximum Gasteiger partial charge on any atom is 0.343 e. The van der Waals surface area contributed by atoms with Gasteiger partial charge in [-0.25, -0.2) is 4.79 Å². The summed E-state index contributed by atoms with van der Waals surface area (Å²) in [5, 5.41) is 20.6. The Labute approximate surface area is 239 Å². The third kappa shape index (κ3) is 6.99. The highest BCUT2D eigenvalue weighted by molar-refractivity contribution is 5.89. The summed E-state index contributed by atoms with van der Waals surface area (Å²) < 4.78 is 12.0. The zero-order chi connectivity index (χ0) is 28.8. The van der Waals surface area contributed by atoms with Crippen molar-refractivity contribution in [2.24, 2.45) is 5.73 Å². The van der Waals surface area contributed by atoms with Gasteiger partial charge in [-0.15, -0.1) is 0 Å². The van der Waals surface area contributed by atoms with E-state index in [9.17, 15) is 19.8 Å². The summed E-state index contributed by atoms with van der Waals surface area (Å²) in [5.41, 5.74) is 11.6. The summed E-state index contributed by atoms with van der Waals surface area (Å²) >= 11 is 0. The fraction of sp³-hybridized carbons (Fsp3) is 0.273. The number of aliphatic carboxylic acids is 1. The molecule has 3 aromatic carbocycles. The number of hydrogen-bond donors (Lipinski definition) is 4. The van der Waals surface area contributed by atoms with Crippen LogP contribution in [-0.4, -0.2) is 41.4 Å². The Hall–Kier alpha value is -4.08. The minimum Gasteiger partial charge on any atom is -0.493 e. The first kappa shape index (κ1) is 28.4. The average Bonchev–Trinajstić information content (AvgIpc) is 3.00. The number of carbonyl (C=O) groups excluding carboxylic acids is 1. The van der Waals surface area contributed by atoms with Crippen molar-refractivity contribution in [2.45, 2.75) is 44.1 Å². The largest absolute Gasteiger partial charge is 0.493 e. The Kier molecular flexibility index (Phi) is 9.06. The van der Waals surface area contributed by atoms with Crippen LogP contribution in [0, 0.1) is 0 Å². The molecule has 1 amide bonds. The minimum absolute atomic E-state index is 0.0561. The van der Waals surface area contributed by atoms with Crippen molar-refractivity contribution >= 4 is 11.9 Å². The Morgan fingerprint density at radius 3 is 2.76 bits per heavy atom. The molecule has 0 bridgehead atoms. The van der Waals surface area contributed by atoms with E-state index in [1.807, 2.05) is 78.9 Å². The number of carbonyl (C=O) groups is 2. The van der Waals surface area contributed by atoms with E-state index >= 15 is 0 Å². The van der Waals surface area contributed by atoms with Gasteiger partial charge >= 0.3 is 11.9 Å². The molecule has 8 heteroatoms. The molecule has 0 saturated heterocycles. The summed E-state index contributed by atoms with van der Waals surface area (Å²) in [5.74, 6) is -0.189. The van der Waals surface area contributed by atoms with E-state index in [1.54, 1.807) is 11.4 Å². The number of quaternary nitrogens is 1. The molecule has 8 nitrogen and oxygen atoms in total. The number of fused-ring (bicyclic) bond motifs is 1. The van der Waals surface area contributed by atoms with Crippen molar-refractivity contribution < 1.29 is 34.6 Å². The third-order valence-electron chi connectivity index (χ3n) is 7.50. The molecule has 3 unspecified atom stereocenters. The van der Waals surface area contributed by atoms with Gasteiger partial charge in [-0.05, 0) is 70.6 Å². The fourth-order valence-corrected chi connectivity index (χ4v) is 5.33. The number of aliphatic hydroxyl groups excluding tert-OH is 1. The lowest BCUT2D eigenvalue weighted by Crippen LogP contribution is -2.89. The van der Waals surface area contributed by atoms with Gasteiger partial charge in [0.25, 0.3) is 0 Å². The number of amides is 1. The molecule has 0 saturated carbocycles. The number of rotatable bonds is 10. The van der Waals surface area contributed by atoms with E-state index < -0.39 is 12.0 Å². The molecule has 0 spiro atoms. The number of ether oxygens (including phenoxy) is 2. The van der Waals surface area contributed by atoms with Crippen LogP contribution in [0.3, 0.4) is 0 Å². The number of carboxylic acid groups (broad SMARTS) is 1. The summed E-state index contributed by atoms with van der Waals surface area (Å²) in [6.07, 6.45) is 6.47. The number of aliphatic hydroxyl groups is 1. The van der Waals surface area contributed by atoms with Gasteiger partial charge in [0.1, 0.15) is 11.8 Å². The lowest BCUT2D eigenvalue weighted by Gasteiger charge is -2.23. The van der Waals surface area contributed by atoms with Crippen LogP contribution < -0.4 is 15.8 Å². The molecular formula is C33H35N2O6+. The predicted octanol–water partition coefficient (Wildman–Crippen LogP) is 3.82. The van der Waals surface area contributed by atoms with Crippen LogP contribution in [0.4, 0.5) is 0 Å². The van der Waals surface area contributed by atoms with Gasteiger partial charge in [-0.1, -0.05) is 48.6 Å². The first-order valence-electron chi connectivity index (χ1n) is 13.8. The van der Waals surface area contributed by atoms with E-state index in [2.05, 4.69) is 0 Å². The Morgan fingerprint density at radius 2 is 1.93 bits per heavy atom. The number of hydrogen-bond acceptors (Lipinski definition) is 6. The number of benzene rings is 3. The first-order chi connectivity index (χ1) is 19.9. The Morgan fingerprint density at radius 1 is 1.07 bits per heavy atom. The van der Waals surface area contributed by atoms with Crippen molar-refractivity contribution in [1.29, 1.82) is 0 Å². The Balaban J connectivity index is 1.44. The highest BCUT2D eigenvalue weighted by Crippen LogP contribution is 2.30. The van der Waals surface area contributed by atoms with Gasteiger partial charge in [0.2, 0.25) is 0 Å². The zero-order valence-corrected chi connectivity index (χ0v) is 22.7. The molecule has 212 valence electrons. The quantitative estimate of drug-likeness (QED) is 0.299. The van der Waals surface area contributed by atoms with E-state index in [0.717, 1.165) is 33.6 Å². The number of para-hydroxylation sites is 1. The van der Waals surface area contributed by atoms with E-state index in [1.165, 1.54) is 0 Å². The maximum absolute atomic E-state index is 13.7. The minimum atomic E-state index is -0.902. The number of allylic oxidation sites excluding steroid dienone is 2. The molecule has 1 aliphatic carbocycles. The molecule has 1 aliphatic heterocycles.